The molecule has 7 nitrogen and oxygen atoms in total. The number of hydrogen-bond donors (Lipinski definition) is 1. The van der Waals surface area contributed by atoms with E-state index >= 15 is 0 Å². The zero-order valence-corrected chi connectivity index (χ0v) is 15.9. The summed E-state index contributed by atoms with van der Waals surface area (Å²) in [5.41, 5.74) is 2.73. The molecule has 2 amide bonds. The number of allylic oxidation sites excluding steroid dienone is 1. The van der Waals surface area contributed by atoms with Crippen LogP contribution < -0.4 is 10.2 Å². The van der Waals surface area contributed by atoms with Gasteiger partial charge in [0.2, 0.25) is 0 Å². The summed E-state index contributed by atoms with van der Waals surface area (Å²) in [6.45, 7) is 5.19. The summed E-state index contributed by atoms with van der Waals surface area (Å²) in [5.74, 6) is -0.537. The van der Waals surface area contributed by atoms with E-state index in [-0.39, 0.29) is 6.54 Å². The van der Waals surface area contributed by atoms with Crippen molar-refractivity contribution in [1.29, 1.82) is 0 Å². The van der Waals surface area contributed by atoms with Crippen LogP contribution in [0.5, 0.6) is 0 Å². The van der Waals surface area contributed by atoms with Crippen LogP contribution in [0.15, 0.2) is 66.4 Å². The first-order valence-corrected chi connectivity index (χ1v) is 8.76. The highest BCUT2D eigenvalue weighted by Gasteiger charge is 2.22. The zero-order chi connectivity index (χ0) is 20.5. The molecule has 146 valence electrons. The Labute approximate surface area is 164 Å². The average Bonchev–Trinajstić information content (AvgIpc) is 2.72. The molecule has 0 saturated carbocycles. The van der Waals surface area contributed by atoms with Gasteiger partial charge in [-0.25, -0.2) is 4.79 Å². The second kappa shape index (κ2) is 10.0. The minimum absolute atomic E-state index is 0.235. The normalized spacial score (nSPS) is 11.2. The molecule has 0 saturated heterocycles. The van der Waals surface area contributed by atoms with E-state index in [1.807, 2.05) is 12.1 Å². The third-order valence-corrected chi connectivity index (χ3v) is 4.21. The second-order valence-corrected chi connectivity index (χ2v) is 6.12. The van der Waals surface area contributed by atoms with E-state index in [1.54, 1.807) is 49.4 Å². The number of amides is 2. The van der Waals surface area contributed by atoms with Crippen LogP contribution in [-0.2, 0) is 16.0 Å². The number of benzene rings is 2. The molecule has 7 heteroatoms. The predicted molar refractivity (Wildman–Crippen MR) is 109 cm³/mol. The lowest BCUT2D eigenvalue weighted by Crippen LogP contribution is -2.40. The summed E-state index contributed by atoms with van der Waals surface area (Å²) in [6, 6.07) is 13.2. The number of esters is 1. The molecule has 0 spiro atoms. The van der Waals surface area contributed by atoms with Crippen molar-refractivity contribution < 1.29 is 14.3 Å². The van der Waals surface area contributed by atoms with Crippen molar-refractivity contribution >= 4 is 23.4 Å². The van der Waals surface area contributed by atoms with Gasteiger partial charge in [0.25, 0.3) is 0 Å². The molecule has 1 atom stereocenters. The molecular weight excluding hydrogens is 358 g/mol. The number of urea groups is 1. The van der Waals surface area contributed by atoms with Gasteiger partial charge < -0.3 is 10.1 Å². The molecule has 1 unspecified atom stereocenters. The topological polar surface area (TPSA) is 88.1 Å². The summed E-state index contributed by atoms with van der Waals surface area (Å²) >= 11 is 0. The third kappa shape index (κ3) is 5.26. The van der Waals surface area contributed by atoms with Crippen molar-refractivity contribution in [3.05, 3.63) is 77.2 Å². The highest BCUT2D eigenvalue weighted by atomic mass is 16.5. The van der Waals surface area contributed by atoms with Gasteiger partial charge in [-0.15, -0.1) is 6.58 Å². The first kappa shape index (κ1) is 20.8. The SMILES string of the molecule is C=CCc1ccccc1N(CC(=O)OC)C(=O)Nc1ccc(C(C)N=O)cc1. The van der Waals surface area contributed by atoms with Crippen molar-refractivity contribution in [1.82, 2.24) is 0 Å². The van der Waals surface area contributed by atoms with Crippen molar-refractivity contribution in [2.24, 2.45) is 5.18 Å². The number of anilines is 2. The Balaban J connectivity index is 2.28. The number of ether oxygens (including phenoxy) is 1. The fraction of sp³-hybridized carbons (Fsp3) is 0.238. The highest BCUT2D eigenvalue weighted by molar-refractivity contribution is 6.04. The van der Waals surface area contributed by atoms with Crippen molar-refractivity contribution in [2.75, 3.05) is 23.9 Å². The number of methoxy groups -OCH3 is 1. The van der Waals surface area contributed by atoms with Gasteiger partial charge in [0.15, 0.2) is 0 Å². The maximum Gasteiger partial charge on any atom is 0.326 e. The number of nitrogens with zero attached hydrogens (tertiary/aromatic N) is 2. The van der Waals surface area contributed by atoms with E-state index < -0.39 is 18.0 Å². The number of nitrogens with one attached hydrogen (secondary N) is 1. The van der Waals surface area contributed by atoms with Gasteiger partial charge in [0.05, 0.1) is 7.11 Å². The molecule has 2 rings (SSSR count). The van der Waals surface area contributed by atoms with Gasteiger partial charge in [-0.3, -0.25) is 9.69 Å². The van der Waals surface area contributed by atoms with E-state index in [1.165, 1.54) is 12.0 Å². The van der Waals surface area contributed by atoms with E-state index in [2.05, 4.69) is 17.1 Å². The molecule has 0 radical (unpaired) electrons. The number of hydrogen-bond acceptors (Lipinski definition) is 5. The van der Waals surface area contributed by atoms with Gasteiger partial charge in [0.1, 0.15) is 12.6 Å². The maximum atomic E-state index is 12.9. The zero-order valence-electron chi connectivity index (χ0n) is 15.9. The van der Waals surface area contributed by atoms with Crippen LogP contribution in [-0.4, -0.2) is 25.7 Å². The van der Waals surface area contributed by atoms with Crippen LogP contribution in [0.1, 0.15) is 24.1 Å². The standard InChI is InChI=1S/C21H23N3O4/c1-4-7-17-8-5-6-9-19(17)24(14-20(25)28-3)21(26)22-18-12-10-16(11-13-18)15(2)23-27/h4-6,8-13,15H,1,7,14H2,2-3H3,(H,22,26). The van der Waals surface area contributed by atoms with E-state index in [0.717, 1.165) is 11.1 Å². The van der Waals surface area contributed by atoms with E-state index in [4.69, 9.17) is 4.74 Å². The maximum absolute atomic E-state index is 12.9. The molecule has 2 aromatic carbocycles. The molecule has 0 aliphatic rings. The van der Waals surface area contributed by atoms with Crippen molar-refractivity contribution in [3.63, 3.8) is 0 Å². The molecule has 0 aromatic heterocycles. The van der Waals surface area contributed by atoms with E-state index in [0.29, 0.717) is 17.8 Å². The Bertz CT molecular complexity index is 849. The number of carbonyl (C=O) groups is 2. The minimum atomic E-state index is -0.537. The summed E-state index contributed by atoms with van der Waals surface area (Å²) in [7, 11) is 1.27. The average molecular weight is 381 g/mol. The summed E-state index contributed by atoms with van der Waals surface area (Å²) in [6.07, 6.45) is 2.28. The molecule has 0 fully saturated rings. The van der Waals surface area contributed by atoms with Crippen LogP contribution >= 0.6 is 0 Å². The lowest BCUT2D eigenvalue weighted by molar-refractivity contribution is -0.138. The first-order valence-electron chi connectivity index (χ1n) is 8.76. The fourth-order valence-electron chi connectivity index (χ4n) is 2.66. The molecule has 0 heterocycles. The van der Waals surface area contributed by atoms with Crippen LogP contribution in [0.4, 0.5) is 16.2 Å². The Morgan fingerprint density at radius 2 is 1.89 bits per heavy atom. The number of rotatable bonds is 8. The van der Waals surface area contributed by atoms with Gasteiger partial charge in [0, 0.05) is 11.4 Å². The van der Waals surface area contributed by atoms with Gasteiger partial charge >= 0.3 is 12.0 Å². The highest BCUT2D eigenvalue weighted by Crippen LogP contribution is 2.23. The molecular formula is C21H23N3O4. The third-order valence-electron chi connectivity index (χ3n) is 4.21. The Hall–Kier alpha value is -3.48. The Morgan fingerprint density at radius 1 is 1.21 bits per heavy atom. The predicted octanol–water partition coefficient (Wildman–Crippen LogP) is 4.45. The number of para-hydroxylation sites is 1. The molecule has 0 bridgehead atoms. The molecule has 0 aliphatic carbocycles. The van der Waals surface area contributed by atoms with Crippen molar-refractivity contribution in [2.45, 2.75) is 19.4 Å². The summed E-state index contributed by atoms with van der Waals surface area (Å²) in [4.78, 5) is 36.8. The summed E-state index contributed by atoms with van der Waals surface area (Å²) in [5, 5.41) is 5.75. The first-order chi connectivity index (χ1) is 13.5. The Morgan fingerprint density at radius 3 is 2.50 bits per heavy atom. The van der Waals surface area contributed by atoms with Crippen LogP contribution in [0, 0.1) is 4.91 Å². The lowest BCUT2D eigenvalue weighted by Gasteiger charge is -2.24. The molecule has 1 N–H and O–H groups in total. The van der Waals surface area contributed by atoms with Gasteiger partial charge in [-0.05, 0) is 42.7 Å². The Kier molecular flexibility index (Phi) is 7.45. The van der Waals surface area contributed by atoms with E-state index in [9.17, 15) is 14.5 Å². The molecule has 28 heavy (non-hydrogen) atoms. The largest absolute Gasteiger partial charge is 0.468 e. The molecule has 2 aromatic rings. The second-order valence-electron chi connectivity index (χ2n) is 6.12. The lowest BCUT2D eigenvalue weighted by atomic mass is 10.1. The monoisotopic (exact) mass is 381 g/mol. The van der Waals surface area contributed by atoms with Gasteiger partial charge in [-0.1, -0.05) is 41.6 Å². The smallest absolute Gasteiger partial charge is 0.326 e. The van der Waals surface area contributed by atoms with Crippen LogP contribution in [0.2, 0.25) is 0 Å². The van der Waals surface area contributed by atoms with Crippen LogP contribution in [0.25, 0.3) is 0 Å². The summed E-state index contributed by atoms with van der Waals surface area (Å²) < 4.78 is 4.74. The van der Waals surface area contributed by atoms with Crippen molar-refractivity contribution in [3.8, 4) is 0 Å². The van der Waals surface area contributed by atoms with Crippen LogP contribution in [0.3, 0.4) is 0 Å². The minimum Gasteiger partial charge on any atom is -0.468 e. The quantitative estimate of drug-likeness (QED) is 0.415. The number of carbonyl (C=O) groups excluding carboxylic acids is 2. The van der Waals surface area contributed by atoms with Gasteiger partial charge in [-0.2, -0.15) is 4.91 Å². The number of nitroso groups, excluding NO2 is 1. The molecule has 0 aliphatic heterocycles. The fourth-order valence-corrected chi connectivity index (χ4v) is 2.66.